The summed E-state index contributed by atoms with van der Waals surface area (Å²) in [5, 5.41) is 31.2. The van der Waals surface area contributed by atoms with E-state index in [9.17, 15) is 19.2 Å². The van der Waals surface area contributed by atoms with E-state index >= 15 is 0 Å². The maximum atomic E-state index is 10.8. The Hall–Kier alpha value is -2.00. The quantitative estimate of drug-likeness (QED) is 0.287. The highest BCUT2D eigenvalue weighted by molar-refractivity contribution is 5.84. The number of carboxylic acids is 3. The van der Waals surface area contributed by atoms with Crippen LogP contribution in [0.25, 0.3) is 0 Å². The molecule has 0 radical (unpaired) electrons. The van der Waals surface area contributed by atoms with Crippen LogP contribution < -0.4 is 10.6 Å². The van der Waals surface area contributed by atoms with Gasteiger partial charge in [0, 0.05) is 19.5 Å². The van der Waals surface area contributed by atoms with E-state index < -0.39 is 36.4 Å². The molecule has 0 heterocycles. The molecule has 20 heavy (non-hydrogen) atoms. The Kier molecular flexibility index (Phi) is 8.09. The Morgan fingerprint density at radius 3 is 1.55 bits per heavy atom. The Morgan fingerprint density at radius 1 is 0.850 bits per heavy atom. The summed E-state index contributed by atoms with van der Waals surface area (Å²) in [6.07, 6.45) is -0.752. The lowest BCUT2D eigenvalue weighted by atomic mass is 10.1. The second-order valence-corrected chi connectivity index (χ2v) is 4.19. The van der Waals surface area contributed by atoms with Crippen LogP contribution in [0.15, 0.2) is 0 Å². The number of aliphatic carboxylic acids is 3. The van der Waals surface area contributed by atoms with Crippen LogP contribution in [0.5, 0.6) is 0 Å². The zero-order chi connectivity index (χ0) is 15.7. The number of carbonyl (C=O) groups excluding carboxylic acids is 1. The van der Waals surface area contributed by atoms with Crippen molar-refractivity contribution in [2.45, 2.75) is 31.8 Å². The van der Waals surface area contributed by atoms with Crippen molar-refractivity contribution in [3.05, 3.63) is 0 Å². The molecule has 0 spiro atoms. The van der Waals surface area contributed by atoms with E-state index in [0.29, 0.717) is 0 Å². The average Bonchev–Trinajstić information content (AvgIpc) is 2.29. The van der Waals surface area contributed by atoms with Gasteiger partial charge in [0.15, 0.2) is 0 Å². The van der Waals surface area contributed by atoms with Crippen LogP contribution in [-0.2, 0) is 19.2 Å². The summed E-state index contributed by atoms with van der Waals surface area (Å²) in [7, 11) is 0. The van der Waals surface area contributed by atoms with Gasteiger partial charge < -0.3 is 26.0 Å². The van der Waals surface area contributed by atoms with Crippen molar-refractivity contribution in [2.24, 2.45) is 0 Å². The molecule has 0 rings (SSSR count). The molecule has 0 aromatic rings. The molecule has 0 amide bonds. The molecule has 0 aliphatic heterocycles. The van der Waals surface area contributed by atoms with Crippen molar-refractivity contribution in [2.75, 3.05) is 13.1 Å². The van der Waals surface area contributed by atoms with Gasteiger partial charge in [-0.2, -0.15) is 0 Å². The van der Waals surface area contributed by atoms with Gasteiger partial charge in [-0.05, 0) is 6.92 Å². The molecular weight excluding hydrogens is 272 g/mol. The number of hydrogen-bond acceptors (Lipinski definition) is 6. The van der Waals surface area contributed by atoms with Gasteiger partial charge in [0.2, 0.25) is 0 Å². The minimum Gasteiger partial charge on any atom is -0.481 e. The third-order valence-electron chi connectivity index (χ3n) is 2.37. The van der Waals surface area contributed by atoms with E-state index in [-0.39, 0.29) is 25.3 Å². The lowest BCUT2D eigenvalue weighted by Gasteiger charge is -2.15. The van der Waals surface area contributed by atoms with E-state index in [4.69, 9.17) is 15.3 Å². The molecular formula is C11H18N2O7. The summed E-state index contributed by atoms with van der Waals surface area (Å²) >= 11 is 0. The number of carboxylic acid groups (broad SMARTS) is 3. The van der Waals surface area contributed by atoms with Crippen LogP contribution in [0.1, 0.15) is 19.8 Å². The molecule has 0 saturated heterocycles. The van der Waals surface area contributed by atoms with Crippen LogP contribution >= 0.6 is 0 Å². The van der Waals surface area contributed by atoms with E-state index in [1.807, 2.05) is 0 Å². The Morgan fingerprint density at radius 2 is 1.25 bits per heavy atom. The zero-order valence-corrected chi connectivity index (χ0v) is 11.0. The van der Waals surface area contributed by atoms with Gasteiger partial charge >= 0.3 is 17.9 Å². The number of Topliss-reactive ketones (excluding diaryl/α,β-unsaturated/α-hetero) is 1. The fourth-order valence-electron chi connectivity index (χ4n) is 1.45. The summed E-state index contributed by atoms with van der Waals surface area (Å²) in [5.41, 5.74) is 0. The molecule has 114 valence electrons. The van der Waals surface area contributed by atoms with Gasteiger partial charge in [-0.25, -0.2) is 0 Å². The summed E-state index contributed by atoms with van der Waals surface area (Å²) in [6, 6.07) is -2.29. The highest BCUT2D eigenvalue weighted by Crippen LogP contribution is 1.94. The fourth-order valence-corrected chi connectivity index (χ4v) is 1.45. The summed E-state index contributed by atoms with van der Waals surface area (Å²) in [6.45, 7) is 1.42. The normalized spacial score (nSPS) is 13.4. The van der Waals surface area contributed by atoms with E-state index in [1.54, 1.807) is 0 Å². The summed E-state index contributed by atoms with van der Waals surface area (Å²) in [4.78, 5) is 42.8. The Bertz CT molecular complexity index is 347. The number of rotatable bonds is 11. The number of nitrogens with one attached hydrogen (secondary N) is 2. The average molecular weight is 290 g/mol. The third-order valence-corrected chi connectivity index (χ3v) is 2.37. The Labute approximate surface area is 115 Å². The van der Waals surface area contributed by atoms with Crippen molar-refractivity contribution in [1.29, 1.82) is 0 Å². The molecule has 2 atom stereocenters. The lowest BCUT2D eigenvalue weighted by molar-refractivity contribution is -0.145. The zero-order valence-electron chi connectivity index (χ0n) is 11.0. The largest absolute Gasteiger partial charge is 0.481 e. The second-order valence-electron chi connectivity index (χ2n) is 4.19. The maximum absolute atomic E-state index is 10.8. The van der Waals surface area contributed by atoms with Gasteiger partial charge in [-0.1, -0.05) is 0 Å². The van der Waals surface area contributed by atoms with Gasteiger partial charge in [0.1, 0.15) is 17.9 Å². The van der Waals surface area contributed by atoms with Crippen molar-refractivity contribution >= 4 is 23.7 Å². The number of hydrogen-bond donors (Lipinski definition) is 5. The molecule has 9 nitrogen and oxygen atoms in total. The molecule has 0 aliphatic carbocycles. The predicted octanol–water partition coefficient (Wildman–Crippen LogP) is -1.47. The molecule has 0 saturated carbocycles. The SMILES string of the molecule is CC(=O)CC(NCCNC(CC(=O)O)C(=O)O)C(=O)O. The molecule has 2 unspecified atom stereocenters. The summed E-state index contributed by atoms with van der Waals surface area (Å²) in [5.74, 6) is -4.02. The van der Waals surface area contributed by atoms with Crippen LogP contribution in [0.3, 0.4) is 0 Å². The first kappa shape index (κ1) is 18.0. The van der Waals surface area contributed by atoms with E-state index in [1.165, 1.54) is 6.92 Å². The fraction of sp³-hybridized carbons (Fsp3) is 0.636. The van der Waals surface area contributed by atoms with Crippen molar-refractivity contribution in [1.82, 2.24) is 10.6 Å². The van der Waals surface area contributed by atoms with Gasteiger partial charge in [0.05, 0.1) is 6.42 Å². The monoisotopic (exact) mass is 290 g/mol. The molecule has 5 N–H and O–H groups in total. The van der Waals surface area contributed by atoms with Crippen molar-refractivity contribution in [3.8, 4) is 0 Å². The van der Waals surface area contributed by atoms with Crippen molar-refractivity contribution in [3.63, 3.8) is 0 Å². The highest BCUT2D eigenvalue weighted by atomic mass is 16.4. The molecule has 9 heteroatoms. The Balaban J connectivity index is 4.13. The van der Waals surface area contributed by atoms with Gasteiger partial charge in [0.25, 0.3) is 0 Å². The summed E-state index contributed by atoms with van der Waals surface area (Å²) < 4.78 is 0. The molecule has 0 bridgehead atoms. The highest BCUT2D eigenvalue weighted by Gasteiger charge is 2.21. The molecule has 0 aromatic carbocycles. The number of ketones is 1. The van der Waals surface area contributed by atoms with E-state index in [0.717, 1.165) is 0 Å². The first-order valence-corrected chi connectivity index (χ1v) is 5.87. The topological polar surface area (TPSA) is 153 Å². The predicted molar refractivity (Wildman–Crippen MR) is 66.4 cm³/mol. The van der Waals surface area contributed by atoms with Gasteiger partial charge in [-0.3, -0.25) is 19.2 Å². The molecule has 0 fully saturated rings. The van der Waals surface area contributed by atoms with Crippen molar-refractivity contribution < 1.29 is 34.5 Å². The van der Waals surface area contributed by atoms with Gasteiger partial charge in [-0.15, -0.1) is 0 Å². The minimum absolute atomic E-state index is 0.0614. The molecule has 0 aliphatic rings. The van der Waals surface area contributed by atoms with Crippen LogP contribution in [-0.4, -0.2) is 64.2 Å². The first-order chi connectivity index (χ1) is 9.23. The molecule has 0 aromatic heterocycles. The maximum Gasteiger partial charge on any atom is 0.321 e. The van der Waals surface area contributed by atoms with Crippen LogP contribution in [0.4, 0.5) is 0 Å². The van der Waals surface area contributed by atoms with Crippen LogP contribution in [0.2, 0.25) is 0 Å². The number of carbonyl (C=O) groups is 4. The standard InChI is InChI=1S/C11H18N2O7/c1-6(14)4-7(10(17)18)12-2-3-13-8(11(19)20)5-9(15)16/h7-8,12-13H,2-5H2,1H3,(H,15,16)(H,17,18)(H,19,20). The minimum atomic E-state index is -1.30. The second kappa shape index (κ2) is 8.99. The smallest absolute Gasteiger partial charge is 0.321 e. The first-order valence-electron chi connectivity index (χ1n) is 5.87. The van der Waals surface area contributed by atoms with Crippen LogP contribution in [0, 0.1) is 0 Å². The van der Waals surface area contributed by atoms with E-state index in [2.05, 4.69) is 10.6 Å². The lowest BCUT2D eigenvalue weighted by Crippen LogP contribution is -2.45. The third kappa shape index (κ3) is 8.16.